The van der Waals surface area contributed by atoms with E-state index in [9.17, 15) is 0 Å². The molecule has 1 aliphatic carbocycles. The van der Waals surface area contributed by atoms with Gasteiger partial charge in [0.05, 0.1) is 0 Å². The predicted molar refractivity (Wildman–Crippen MR) is 36.2 cm³/mol. The van der Waals surface area contributed by atoms with Gasteiger partial charge >= 0.3 is 0 Å². The molecular weight excluding hydrogens is 96.1 g/mol. The van der Waals surface area contributed by atoms with Crippen LogP contribution in [0.1, 0.15) is 25.7 Å². The maximum absolute atomic E-state index is 4.02. The zero-order valence-electron chi connectivity index (χ0n) is 5.40. The summed E-state index contributed by atoms with van der Waals surface area (Å²) in [5, 5.41) is 0. The summed E-state index contributed by atoms with van der Waals surface area (Å²) in [6.45, 7) is 8.03. The van der Waals surface area contributed by atoms with Gasteiger partial charge in [-0.15, -0.1) is 0 Å². The molecule has 0 unspecified atom stereocenters. The van der Waals surface area contributed by atoms with Crippen molar-refractivity contribution in [3.05, 3.63) is 13.8 Å². The average molecular weight is 110 g/mol. The molecule has 0 aliphatic heterocycles. The molecule has 0 heterocycles. The van der Waals surface area contributed by atoms with Gasteiger partial charge in [0.1, 0.15) is 0 Å². The monoisotopic (exact) mass is 110 g/mol. The van der Waals surface area contributed by atoms with Crippen LogP contribution in [-0.2, 0) is 0 Å². The minimum atomic E-state index is 0.642. The molecule has 1 rings (SSSR count). The molecule has 0 aromatic carbocycles. The lowest BCUT2D eigenvalue weighted by Gasteiger charge is -2.24. The van der Waals surface area contributed by atoms with Crippen LogP contribution >= 0.6 is 0 Å². The summed E-state index contributed by atoms with van der Waals surface area (Å²) in [6, 6.07) is 0. The normalized spacial score (nSPS) is 39.8. The molecule has 2 atom stereocenters. The number of hydrogen-bond acceptors (Lipinski definition) is 0. The Bertz CT molecular complexity index is 56.4. The van der Waals surface area contributed by atoms with E-state index in [-0.39, 0.29) is 0 Å². The van der Waals surface area contributed by atoms with Gasteiger partial charge in [-0.1, -0.05) is 25.7 Å². The summed E-state index contributed by atoms with van der Waals surface area (Å²) in [4.78, 5) is 0. The zero-order valence-corrected chi connectivity index (χ0v) is 5.40. The molecule has 0 heteroatoms. The van der Waals surface area contributed by atoms with Crippen LogP contribution in [0.3, 0.4) is 0 Å². The van der Waals surface area contributed by atoms with Crippen LogP contribution in [0.15, 0.2) is 0 Å². The molecule has 8 heavy (non-hydrogen) atoms. The molecule has 0 aromatic heterocycles. The zero-order chi connectivity index (χ0) is 5.98. The van der Waals surface area contributed by atoms with Crippen LogP contribution in [0.2, 0.25) is 0 Å². The Kier molecular flexibility index (Phi) is 1.93. The van der Waals surface area contributed by atoms with Crippen molar-refractivity contribution in [2.75, 3.05) is 0 Å². The average Bonchev–Trinajstić information content (AvgIpc) is 1.77. The Balaban J connectivity index is 2.28. The highest BCUT2D eigenvalue weighted by Gasteiger charge is 2.15. The summed E-state index contributed by atoms with van der Waals surface area (Å²) in [7, 11) is 0. The summed E-state index contributed by atoms with van der Waals surface area (Å²) in [5.41, 5.74) is 0. The highest BCUT2D eigenvalue weighted by molar-refractivity contribution is 4.77. The van der Waals surface area contributed by atoms with Gasteiger partial charge in [-0.05, 0) is 25.7 Å². The van der Waals surface area contributed by atoms with E-state index in [0.29, 0.717) is 11.8 Å². The van der Waals surface area contributed by atoms with Gasteiger partial charge in [0.25, 0.3) is 0 Å². The van der Waals surface area contributed by atoms with E-state index in [2.05, 4.69) is 13.8 Å². The molecule has 1 fully saturated rings. The van der Waals surface area contributed by atoms with Gasteiger partial charge in [0.15, 0.2) is 0 Å². The van der Waals surface area contributed by atoms with Gasteiger partial charge in [0, 0.05) is 0 Å². The van der Waals surface area contributed by atoms with Crippen molar-refractivity contribution in [3.63, 3.8) is 0 Å². The first-order valence-electron chi connectivity index (χ1n) is 3.47. The Morgan fingerprint density at radius 1 is 0.875 bits per heavy atom. The SMILES string of the molecule is [CH2][C@@H]1CCCC[C@H]1[CH2]. The third-order valence-electron chi connectivity index (χ3n) is 2.07. The molecule has 2 radical (unpaired) electrons. The first-order valence-corrected chi connectivity index (χ1v) is 3.47. The lowest BCUT2D eigenvalue weighted by molar-refractivity contribution is 0.332. The largest absolute Gasteiger partial charge is 0.0530 e. The Morgan fingerprint density at radius 3 is 1.50 bits per heavy atom. The van der Waals surface area contributed by atoms with Crippen LogP contribution in [0, 0.1) is 25.7 Å². The molecular formula is C8H14. The van der Waals surface area contributed by atoms with Crippen molar-refractivity contribution in [1.82, 2.24) is 0 Å². The standard InChI is InChI=1S/C8H14/c1-7-5-3-4-6-8(7)2/h7-8H,1-6H2/t7-,8-/m1/s1. The fourth-order valence-corrected chi connectivity index (χ4v) is 1.28. The molecule has 0 aromatic rings. The van der Waals surface area contributed by atoms with Crippen molar-refractivity contribution < 1.29 is 0 Å². The first-order chi connectivity index (χ1) is 3.80. The molecule has 0 amide bonds. The highest BCUT2D eigenvalue weighted by atomic mass is 14.2. The minimum absolute atomic E-state index is 0.642. The highest BCUT2D eigenvalue weighted by Crippen LogP contribution is 2.27. The Hall–Kier alpha value is 0. The Labute approximate surface area is 52.3 Å². The molecule has 0 N–H and O–H groups in total. The second kappa shape index (κ2) is 2.52. The molecule has 0 bridgehead atoms. The number of rotatable bonds is 0. The van der Waals surface area contributed by atoms with Crippen molar-refractivity contribution in [1.29, 1.82) is 0 Å². The lowest BCUT2D eigenvalue weighted by Crippen LogP contribution is -2.13. The molecule has 1 aliphatic rings. The topological polar surface area (TPSA) is 0 Å². The van der Waals surface area contributed by atoms with Crippen LogP contribution in [-0.4, -0.2) is 0 Å². The van der Waals surface area contributed by atoms with Crippen LogP contribution < -0.4 is 0 Å². The lowest BCUT2D eigenvalue weighted by atomic mass is 9.82. The van der Waals surface area contributed by atoms with Crippen LogP contribution in [0.25, 0.3) is 0 Å². The summed E-state index contributed by atoms with van der Waals surface area (Å²) in [5.74, 6) is 1.28. The maximum Gasteiger partial charge on any atom is -0.0386 e. The summed E-state index contributed by atoms with van der Waals surface area (Å²) >= 11 is 0. The van der Waals surface area contributed by atoms with E-state index in [4.69, 9.17) is 0 Å². The summed E-state index contributed by atoms with van der Waals surface area (Å²) in [6.07, 6.45) is 5.35. The fourth-order valence-electron chi connectivity index (χ4n) is 1.28. The van der Waals surface area contributed by atoms with Crippen LogP contribution in [0.5, 0.6) is 0 Å². The van der Waals surface area contributed by atoms with Crippen molar-refractivity contribution in [3.8, 4) is 0 Å². The third kappa shape index (κ3) is 1.24. The van der Waals surface area contributed by atoms with E-state index in [0.717, 1.165) is 0 Å². The maximum atomic E-state index is 4.02. The predicted octanol–water partition coefficient (Wildman–Crippen LogP) is 2.46. The molecule has 0 nitrogen and oxygen atoms in total. The summed E-state index contributed by atoms with van der Waals surface area (Å²) < 4.78 is 0. The van der Waals surface area contributed by atoms with Crippen molar-refractivity contribution >= 4 is 0 Å². The van der Waals surface area contributed by atoms with E-state index >= 15 is 0 Å². The van der Waals surface area contributed by atoms with Gasteiger partial charge in [0.2, 0.25) is 0 Å². The molecule has 0 saturated heterocycles. The van der Waals surface area contributed by atoms with Gasteiger partial charge in [-0.2, -0.15) is 0 Å². The van der Waals surface area contributed by atoms with E-state index < -0.39 is 0 Å². The molecule has 46 valence electrons. The molecule has 1 saturated carbocycles. The van der Waals surface area contributed by atoms with Crippen molar-refractivity contribution in [2.45, 2.75) is 25.7 Å². The smallest absolute Gasteiger partial charge is 0.0386 e. The minimum Gasteiger partial charge on any atom is -0.0530 e. The Morgan fingerprint density at radius 2 is 1.25 bits per heavy atom. The second-order valence-corrected chi connectivity index (χ2v) is 2.80. The number of hydrogen-bond donors (Lipinski definition) is 0. The van der Waals surface area contributed by atoms with E-state index in [1.807, 2.05) is 0 Å². The van der Waals surface area contributed by atoms with E-state index in [1.165, 1.54) is 25.7 Å². The van der Waals surface area contributed by atoms with Gasteiger partial charge in [-0.3, -0.25) is 0 Å². The fraction of sp³-hybridized carbons (Fsp3) is 0.750. The van der Waals surface area contributed by atoms with Crippen molar-refractivity contribution in [2.24, 2.45) is 11.8 Å². The third-order valence-corrected chi connectivity index (χ3v) is 2.07. The van der Waals surface area contributed by atoms with Gasteiger partial charge in [-0.25, -0.2) is 0 Å². The first kappa shape index (κ1) is 6.12. The van der Waals surface area contributed by atoms with E-state index in [1.54, 1.807) is 0 Å². The molecule has 0 spiro atoms. The quantitative estimate of drug-likeness (QED) is 0.449. The van der Waals surface area contributed by atoms with Gasteiger partial charge < -0.3 is 0 Å². The van der Waals surface area contributed by atoms with Crippen LogP contribution in [0.4, 0.5) is 0 Å². The second-order valence-electron chi connectivity index (χ2n) is 2.80.